The molecule has 16 heavy (non-hydrogen) atoms. The monoisotopic (exact) mass is 240 g/mol. The van der Waals surface area contributed by atoms with Crippen molar-refractivity contribution in [2.24, 2.45) is 0 Å². The van der Waals surface area contributed by atoms with Crippen LogP contribution >= 0.6 is 0 Å². The Balaban J connectivity index is -0.0000000800. The Bertz CT molecular complexity index is 165. The van der Waals surface area contributed by atoms with E-state index >= 15 is 0 Å². The molecule has 78 valence electrons. The quantitative estimate of drug-likeness (QED) is 0.353. The van der Waals surface area contributed by atoms with Crippen LogP contribution in [0.1, 0.15) is 39.5 Å². The Morgan fingerprint density at radius 3 is 1.62 bits per heavy atom. The first-order valence-electron chi connectivity index (χ1n) is 4.79. The molecular weight excluding hydrogens is 225 g/mol. The van der Waals surface area contributed by atoms with Gasteiger partial charge in [-0.1, -0.05) is 0 Å². The first-order chi connectivity index (χ1) is 6.40. The Labute approximate surface area is 151 Å². The number of hydrogen-bond donors (Lipinski definition) is 0. The minimum Gasteiger partial charge on any atom is 1.00 e. The molecular formula is C9H15LiNa2O4. The Morgan fingerprint density at radius 2 is 1.56 bits per heavy atom. The van der Waals surface area contributed by atoms with Crippen molar-refractivity contribution in [1.29, 1.82) is 0 Å². The van der Waals surface area contributed by atoms with Crippen molar-refractivity contribution in [2.75, 3.05) is 0 Å². The third-order valence-electron chi connectivity index (χ3n) is 1.42. The van der Waals surface area contributed by atoms with Gasteiger partial charge in [-0.25, -0.2) is 0 Å². The molecule has 0 heterocycles. The van der Waals surface area contributed by atoms with Crippen LogP contribution in [0.3, 0.4) is 0 Å². The van der Waals surface area contributed by atoms with Crippen molar-refractivity contribution < 1.29 is 78.9 Å². The van der Waals surface area contributed by atoms with Crippen LogP contribution in [0.5, 0.6) is 0 Å². The molecule has 0 radical (unpaired) electrons. The summed E-state index contributed by atoms with van der Waals surface area (Å²) < 4.78 is 0.903. The molecule has 0 aromatic carbocycles. The molecule has 0 amide bonds. The second kappa shape index (κ2) is 18.9. The minimum absolute atomic E-state index is 0. The predicted molar refractivity (Wildman–Crippen MR) is 49.3 cm³/mol. The third kappa shape index (κ3) is 36.1. The fourth-order valence-electron chi connectivity index (χ4n) is 0.730. The summed E-state index contributed by atoms with van der Waals surface area (Å²) in [6.45, 7) is 4.51. The molecule has 0 aromatic rings. The van der Waals surface area contributed by atoms with E-state index in [1.54, 1.807) is 0 Å². The number of carboxylic acid groups (broad SMARTS) is 2. The SMILES string of the molecule is O=C([O-])CC(=O)[O-].[Li][CH](C)CCCC.[Na+].[Na+]. The third-order valence-corrected chi connectivity index (χ3v) is 1.42. The second-order valence-electron chi connectivity index (χ2n) is 3.46. The van der Waals surface area contributed by atoms with Gasteiger partial charge in [0, 0.05) is 18.4 Å². The summed E-state index contributed by atoms with van der Waals surface area (Å²) in [5.74, 6) is -3.25. The van der Waals surface area contributed by atoms with Gasteiger partial charge in [0.2, 0.25) is 0 Å². The fraction of sp³-hybridized carbons (Fsp3) is 0.778. The van der Waals surface area contributed by atoms with Gasteiger partial charge in [-0.15, -0.1) is 0 Å². The van der Waals surface area contributed by atoms with Gasteiger partial charge in [0.1, 0.15) is 0 Å². The molecule has 0 saturated heterocycles. The minimum atomic E-state index is -1.63. The van der Waals surface area contributed by atoms with E-state index < -0.39 is 18.4 Å². The van der Waals surface area contributed by atoms with Crippen LogP contribution in [0.2, 0.25) is 4.59 Å². The van der Waals surface area contributed by atoms with E-state index in [-0.39, 0.29) is 59.1 Å². The number of hydrogen-bond acceptors (Lipinski definition) is 4. The Hall–Kier alpha value is 1.54. The van der Waals surface area contributed by atoms with Crippen molar-refractivity contribution in [3.8, 4) is 0 Å². The zero-order chi connectivity index (χ0) is 11.6. The van der Waals surface area contributed by atoms with Crippen molar-refractivity contribution in [1.82, 2.24) is 0 Å². The molecule has 4 nitrogen and oxygen atoms in total. The van der Waals surface area contributed by atoms with E-state index in [0.717, 1.165) is 4.59 Å². The Morgan fingerprint density at radius 1 is 1.19 bits per heavy atom. The van der Waals surface area contributed by atoms with Crippen LogP contribution < -0.4 is 69.3 Å². The van der Waals surface area contributed by atoms with Crippen LogP contribution in [-0.4, -0.2) is 29.7 Å². The smallest absolute Gasteiger partial charge is 1.00 e. The van der Waals surface area contributed by atoms with Gasteiger partial charge in [0.25, 0.3) is 0 Å². The summed E-state index contributed by atoms with van der Waals surface area (Å²) in [6, 6.07) is 0. The van der Waals surface area contributed by atoms with Crippen molar-refractivity contribution in [3.05, 3.63) is 0 Å². The van der Waals surface area contributed by atoms with Gasteiger partial charge in [-0.3, -0.25) is 0 Å². The van der Waals surface area contributed by atoms with E-state index in [0.29, 0.717) is 0 Å². The van der Waals surface area contributed by atoms with Gasteiger partial charge in [0.05, 0.1) is 0 Å². The van der Waals surface area contributed by atoms with Crippen LogP contribution in [-0.2, 0) is 9.59 Å². The van der Waals surface area contributed by atoms with Crippen LogP contribution in [0.15, 0.2) is 0 Å². The normalized spacial score (nSPS) is 9.75. The number of carboxylic acids is 2. The standard InChI is InChI=1S/C6H13.C3H4O4.Li.2Na/c1-3-5-6-4-2;4-2(5)1-3(6)7;;;/h3H,4-6H2,1-2H3;1H2,(H,4,5)(H,6,7);;;/q;;;2*+1/p-2. The second-order valence-corrected chi connectivity index (χ2v) is 3.46. The molecule has 0 spiro atoms. The van der Waals surface area contributed by atoms with Gasteiger partial charge in [0.15, 0.2) is 0 Å². The largest absolute Gasteiger partial charge is 1.00 e. The average molecular weight is 240 g/mol. The molecule has 0 aliphatic carbocycles. The number of aliphatic carboxylic acids is 2. The summed E-state index contributed by atoms with van der Waals surface area (Å²) in [5.41, 5.74) is 0. The first kappa shape index (κ1) is 26.2. The summed E-state index contributed by atoms with van der Waals surface area (Å²) in [7, 11) is 0. The van der Waals surface area contributed by atoms with Gasteiger partial charge in [-0.2, -0.15) is 0 Å². The van der Waals surface area contributed by atoms with E-state index in [4.69, 9.17) is 0 Å². The van der Waals surface area contributed by atoms with E-state index in [2.05, 4.69) is 31.6 Å². The van der Waals surface area contributed by atoms with Crippen molar-refractivity contribution >= 4 is 29.7 Å². The number of carbonyl (C=O) groups excluding carboxylic acids is 2. The van der Waals surface area contributed by atoms with E-state index in [1.807, 2.05) is 0 Å². The average Bonchev–Trinajstić information content (AvgIpc) is 1.99. The van der Waals surface area contributed by atoms with E-state index in [1.165, 1.54) is 19.3 Å². The van der Waals surface area contributed by atoms with Crippen LogP contribution in [0.4, 0.5) is 0 Å². The molecule has 0 aliphatic rings. The zero-order valence-corrected chi connectivity index (χ0v) is 15.0. The van der Waals surface area contributed by atoms with Gasteiger partial charge < -0.3 is 19.8 Å². The van der Waals surface area contributed by atoms with Gasteiger partial charge in [-0.05, 0) is 0 Å². The number of carbonyl (C=O) groups is 2. The maximum Gasteiger partial charge on any atom is 1.00 e. The number of rotatable bonds is 5. The molecule has 0 N–H and O–H groups in total. The molecule has 0 saturated carbocycles. The topological polar surface area (TPSA) is 80.3 Å². The summed E-state index contributed by atoms with van der Waals surface area (Å²) in [6.07, 6.45) is 3.12. The summed E-state index contributed by atoms with van der Waals surface area (Å²) >= 11 is 2.27. The molecule has 0 aliphatic heterocycles. The molecule has 0 fully saturated rings. The maximum atomic E-state index is 9.28. The molecule has 7 heteroatoms. The Kier molecular flexibility index (Phi) is 30.9. The fourth-order valence-corrected chi connectivity index (χ4v) is 0.730. The van der Waals surface area contributed by atoms with Crippen LogP contribution in [0, 0.1) is 0 Å². The first-order valence-corrected chi connectivity index (χ1v) is 4.79. The maximum absolute atomic E-state index is 9.28. The van der Waals surface area contributed by atoms with Gasteiger partial charge >= 0.3 is 115 Å². The zero-order valence-electron chi connectivity index (χ0n) is 11.0. The molecule has 0 rings (SSSR count). The summed E-state index contributed by atoms with van der Waals surface area (Å²) in [4.78, 5) is 18.6. The van der Waals surface area contributed by atoms with E-state index in [9.17, 15) is 19.8 Å². The molecule has 1 atom stereocenters. The molecule has 0 bridgehead atoms. The number of unbranched alkanes of at least 4 members (excludes halogenated alkanes) is 1. The molecule has 1 unspecified atom stereocenters. The van der Waals surface area contributed by atoms with Crippen molar-refractivity contribution in [2.45, 2.75) is 44.1 Å². The predicted octanol–water partition coefficient (Wildman–Crippen LogP) is -6.96. The molecule has 0 aromatic heterocycles. The van der Waals surface area contributed by atoms with Crippen LogP contribution in [0.25, 0.3) is 0 Å². The van der Waals surface area contributed by atoms with Crippen molar-refractivity contribution in [3.63, 3.8) is 0 Å². The summed E-state index contributed by atoms with van der Waals surface area (Å²) in [5, 5.41) is 18.6.